The van der Waals surface area contributed by atoms with Gasteiger partial charge < -0.3 is 4.98 Å². The van der Waals surface area contributed by atoms with Crippen LogP contribution in [0.4, 0.5) is 0 Å². The van der Waals surface area contributed by atoms with Crippen LogP contribution in [0.3, 0.4) is 0 Å². The average Bonchev–Trinajstić information content (AvgIpc) is 2.17. The molecular formula is C9H15ClN2S. The van der Waals surface area contributed by atoms with Crippen molar-refractivity contribution in [2.75, 3.05) is 5.88 Å². The van der Waals surface area contributed by atoms with Crippen molar-refractivity contribution in [1.29, 1.82) is 0 Å². The first-order valence-electron chi connectivity index (χ1n) is 4.37. The topological polar surface area (TPSA) is 28.7 Å². The van der Waals surface area contributed by atoms with E-state index in [0.29, 0.717) is 4.77 Å². The van der Waals surface area contributed by atoms with E-state index in [2.05, 4.69) is 29.1 Å². The van der Waals surface area contributed by atoms with E-state index in [1.54, 1.807) is 18.5 Å². The molecule has 4 heteroatoms. The second kappa shape index (κ2) is 9.68. The highest BCUT2D eigenvalue weighted by Gasteiger charge is 1.76. The maximum atomic E-state index is 5.38. The molecule has 0 unspecified atom stereocenters. The first-order valence-corrected chi connectivity index (χ1v) is 5.31. The Hall–Kier alpha value is -0.410. The third-order valence-electron chi connectivity index (χ3n) is 1.32. The van der Waals surface area contributed by atoms with Crippen LogP contribution in [0, 0.1) is 4.77 Å². The van der Waals surface area contributed by atoms with E-state index in [4.69, 9.17) is 11.6 Å². The fourth-order valence-corrected chi connectivity index (χ4v) is 0.973. The molecule has 1 N–H and O–H groups in total. The Morgan fingerprint density at radius 1 is 1.54 bits per heavy atom. The summed E-state index contributed by atoms with van der Waals surface area (Å²) in [5, 5.41) is 0. The molecule has 0 aliphatic heterocycles. The zero-order valence-electron chi connectivity index (χ0n) is 7.79. The molecule has 0 radical (unpaired) electrons. The molecule has 1 rings (SSSR count). The lowest BCUT2D eigenvalue weighted by Crippen LogP contribution is -1.72. The maximum absolute atomic E-state index is 5.38. The van der Waals surface area contributed by atoms with Crippen LogP contribution in [0.2, 0.25) is 0 Å². The van der Waals surface area contributed by atoms with Gasteiger partial charge in [-0.15, -0.1) is 11.6 Å². The van der Waals surface area contributed by atoms with E-state index < -0.39 is 0 Å². The van der Waals surface area contributed by atoms with Crippen LogP contribution in [0.15, 0.2) is 18.5 Å². The summed E-state index contributed by atoms with van der Waals surface area (Å²) in [5.41, 5.74) is 0. The summed E-state index contributed by atoms with van der Waals surface area (Å²) in [6.45, 7) is 2.17. The molecule has 0 spiro atoms. The second-order valence-electron chi connectivity index (χ2n) is 2.48. The number of hydrogen-bond acceptors (Lipinski definition) is 2. The average molecular weight is 219 g/mol. The molecule has 13 heavy (non-hydrogen) atoms. The van der Waals surface area contributed by atoms with Gasteiger partial charge in [0.2, 0.25) is 0 Å². The summed E-state index contributed by atoms with van der Waals surface area (Å²) < 4.78 is 0.530. The van der Waals surface area contributed by atoms with Gasteiger partial charge in [-0.2, -0.15) is 0 Å². The minimum Gasteiger partial charge on any atom is -0.337 e. The third-order valence-corrected chi connectivity index (χ3v) is 1.81. The molecule has 0 saturated carbocycles. The molecule has 1 aromatic rings. The van der Waals surface area contributed by atoms with Gasteiger partial charge in [0, 0.05) is 18.3 Å². The van der Waals surface area contributed by atoms with Crippen LogP contribution in [0.1, 0.15) is 26.2 Å². The van der Waals surface area contributed by atoms with Gasteiger partial charge in [0.05, 0.1) is 0 Å². The number of alkyl halides is 1. The van der Waals surface area contributed by atoms with Gasteiger partial charge in [-0.1, -0.05) is 19.8 Å². The summed E-state index contributed by atoms with van der Waals surface area (Å²) in [6.07, 6.45) is 7.13. The van der Waals surface area contributed by atoms with E-state index in [1.807, 2.05) is 0 Å². The quantitative estimate of drug-likeness (QED) is 0.478. The lowest BCUT2D eigenvalue weighted by molar-refractivity contribution is 0.776. The first-order chi connectivity index (χ1) is 6.31. The highest BCUT2D eigenvalue weighted by molar-refractivity contribution is 7.71. The normalized spacial score (nSPS) is 8.77. The zero-order chi connectivity index (χ0) is 9.94. The molecule has 0 aromatic carbocycles. The van der Waals surface area contributed by atoms with Crippen LogP contribution in [-0.2, 0) is 0 Å². The maximum Gasteiger partial charge on any atom is 0.196 e. The second-order valence-corrected chi connectivity index (χ2v) is 3.25. The van der Waals surface area contributed by atoms with E-state index in [0.717, 1.165) is 5.88 Å². The van der Waals surface area contributed by atoms with Crippen LogP contribution in [-0.4, -0.2) is 15.8 Å². The zero-order valence-corrected chi connectivity index (χ0v) is 9.37. The Bertz CT molecular complexity index is 228. The van der Waals surface area contributed by atoms with E-state index in [9.17, 15) is 0 Å². The summed E-state index contributed by atoms with van der Waals surface area (Å²) in [7, 11) is 0. The van der Waals surface area contributed by atoms with Crippen molar-refractivity contribution in [2.24, 2.45) is 0 Å². The van der Waals surface area contributed by atoms with Crippen molar-refractivity contribution in [3.05, 3.63) is 23.2 Å². The van der Waals surface area contributed by atoms with E-state index >= 15 is 0 Å². The number of rotatable bonds is 3. The van der Waals surface area contributed by atoms with Crippen LogP contribution >= 0.6 is 23.8 Å². The molecule has 0 fully saturated rings. The van der Waals surface area contributed by atoms with Gasteiger partial charge in [0.15, 0.2) is 4.77 Å². The predicted molar refractivity (Wildman–Crippen MR) is 59.7 cm³/mol. The summed E-state index contributed by atoms with van der Waals surface area (Å²) in [6, 6.07) is 1.79. The van der Waals surface area contributed by atoms with Crippen molar-refractivity contribution in [2.45, 2.75) is 26.2 Å². The highest BCUT2D eigenvalue weighted by atomic mass is 35.5. The number of unbranched alkanes of at least 4 members (excludes halogenated alkanes) is 2. The molecule has 2 nitrogen and oxygen atoms in total. The van der Waals surface area contributed by atoms with Gasteiger partial charge in [0.25, 0.3) is 0 Å². The minimum absolute atomic E-state index is 0.530. The Morgan fingerprint density at radius 3 is 2.54 bits per heavy atom. The Morgan fingerprint density at radius 2 is 2.31 bits per heavy atom. The summed E-state index contributed by atoms with van der Waals surface area (Å²) in [4.78, 5) is 6.47. The molecule has 0 saturated heterocycles. The van der Waals surface area contributed by atoms with E-state index in [1.165, 1.54) is 19.3 Å². The van der Waals surface area contributed by atoms with Crippen LogP contribution in [0.25, 0.3) is 0 Å². The highest BCUT2D eigenvalue weighted by Crippen LogP contribution is 1.93. The first kappa shape index (κ1) is 12.6. The van der Waals surface area contributed by atoms with Crippen molar-refractivity contribution < 1.29 is 0 Å². The van der Waals surface area contributed by atoms with Gasteiger partial charge >= 0.3 is 0 Å². The molecule has 74 valence electrons. The smallest absolute Gasteiger partial charge is 0.196 e. The number of H-pyrrole nitrogens is 1. The van der Waals surface area contributed by atoms with Crippen LogP contribution in [0.5, 0.6) is 0 Å². The number of nitrogens with one attached hydrogen (secondary N) is 1. The molecular weight excluding hydrogens is 204 g/mol. The number of halogens is 1. The van der Waals surface area contributed by atoms with Gasteiger partial charge in [-0.3, -0.25) is 0 Å². The van der Waals surface area contributed by atoms with Crippen molar-refractivity contribution in [1.82, 2.24) is 9.97 Å². The number of aromatic nitrogens is 2. The molecule has 1 aromatic heterocycles. The fourth-order valence-electron chi connectivity index (χ4n) is 0.655. The van der Waals surface area contributed by atoms with Gasteiger partial charge in [-0.05, 0) is 24.7 Å². The summed E-state index contributed by atoms with van der Waals surface area (Å²) >= 11 is 10.0. The lowest BCUT2D eigenvalue weighted by Gasteiger charge is -1.84. The minimum atomic E-state index is 0.530. The SMILES string of the molecule is CCCCCCl.S=c1nccc[nH]1. The Labute approximate surface area is 89.4 Å². The third kappa shape index (κ3) is 9.50. The van der Waals surface area contributed by atoms with Crippen molar-refractivity contribution >= 4 is 23.8 Å². The lowest BCUT2D eigenvalue weighted by atomic mass is 10.3. The number of aromatic amines is 1. The molecule has 0 atom stereocenters. The Balaban J connectivity index is 0.000000226. The van der Waals surface area contributed by atoms with E-state index in [-0.39, 0.29) is 0 Å². The number of hydrogen-bond donors (Lipinski definition) is 1. The fraction of sp³-hybridized carbons (Fsp3) is 0.556. The number of nitrogens with zero attached hydrogens (tertiary/aromatic N) is 1. The van der Waals surface area contributed by atoms with Gasteiger partial charge in [0.1, 0.15) is 0 Å². The largest absolute Gasteiger partial charge is 0.337 e. The standard InChI is InChI=1S/C5H11Cl.C4H4N2S/c1-2-3-4-5-6;7-4-5-2-1-3-6-4/h2-5H2,1H3;1-3H,(H,5,6,7). The molecule has 0 amide bonds. The molecule has 0 bridgehead atoms. The van der Waals surface area contributed by atoms with Crippen molar-refractivity contribution in [3.8, 4) is 0 Å². The predicted octanol–water partition coefficient (Wildman–Crippen LogP) is 3.55. The molecule has 0 aliphatic rings. The Kier molecular flexibility index (Phi) is 9.37. The van der Waals surface area contributed by atoms with Crippen LogP contribution < -0.4 is 0 Å². The van der Waals surface area contributed by atoms with Gasteiger partial charge in [-0.25, -0.2) is 4.98 Å². The molecule has 0 aliphatic carbocycles. The van der Waals surface area contributed by atoms with Crippen molar-refractivity contribution in [3.63, 3.8) is 0 Å². The molecule has 1 heterocycles. The summed E-state index contributed by atoms with van der Waals surface area (Å²) in [5.74, 6) is 0.827. The monoisotopic (exact) mass is 218 g/mol.